The van der Waals surface area contributed by atoms with E-state index >= 15 is 0 Å². The van der Waals surface area contributed by atoms with Gasteiger partial charge in [-0.15, -0.1) is 11.6 Å². The zero-order valence-corrected chi connectivity index (χ0v) is 9.67. The van der Waals surface area contributed by atoms with Gasteiger partial charge in [0.2, 0.25) is 0 Å². The van der Waals surface area contributed by atoms with Gasteiger partial charge in [-0.05, 0) is 19.4 Å². The van der Waals surface area contributed by atoms with Crippen molar-refractivity contribution < 1.29 is 0 Å². The van der Waals surface area contributed by atoms with Gasteiger partial charge in [0, 0.05) is 24.8 Å². The van der Waals surface area contributed by atoms with Crippen LogP contribution in [-0.4, -0.2) is 18.1 Å². The lowest BCUT2D eigenvalue weighted by atomic mass is 10.1. The molecule has 1 aliphatic heterocycles. The molecule has 0 saturated carbocycles. The van der Waals surface area contributed by atoms with Crippen LogP contribution in [0.1, 0.15) is 18.9 Å². The van der Waals surface area contributed by atoms with Crippen molar-refractivity contribution in [3.8, 4) is 0 Å². The molecule has 1 aromatic heterocycles. The van der Waals surface area contributed by atoms with Gasteiger partial charge in [-0.1, -0.05) is 17.7 Å². The molecule has 2 rings (SSSR count). The third-order valence-corrected chi connectivity index (χ3v) is 3.04. The van der Waals surface area contributed by atoms with Crippen molar-refractivity contribution in [2.24, 2.45) is 0 Å². The molecule has 0 atom stereocenters. The Morgan fingerprint density at radius 1 is 1.53 bits per heavy atom. The molecule has 0 spiro atoms. The fourth-order valence-corrected chi connectivity index (χ4v) is 1.99. The highest BCUT2D eigenvalue weighted by Crippen LogP contribution is 2.22. The van der Waals surface area contributed by atoms with E-state index in [1.54, 1.807) is 0 Å². The summed E-state index contributed by atoms with van der Waals surface area (Å²) in [7, 11) is 0. The second kappa shape index (κ2) is 4.67. The Morgan fingerprint density at radius 2 is 2.40 bits per heavy atom. The number of hydrogen-bond acceptors (Lipinski definition) is 2. The van der Waals surface area contributed by atoms with Gasteiger partial charge < -0.3 is 4.90 Å². The molecular formula is C12H15ClN2. The highest BCUT2D eigenvalue weighted by Gasteiger charge is 2.13. The van der Waals surface area contributed by atoms with Gasteiger partial charge in [-0.2, -0.15) is 0 Å². The SMILES string of the molecule is CC1=CCN(c2ncccc2CCl)CC1. The van der Waals surface area contributed by atoms with Crippen LogP contribution >= 0.6 is 11.6 Å². The molecule has 0 aliphatic carbocycles. The normalized spacial score (nSPS) is 16.4. The van der Waals surface area contributed by atoms with Crippen LogP contribution in [0, 0.1) is 0 Å². The number of aromatic nitrogens is 1. The molecule has 2 nitrogen and oxygen atoms in total. The van der Waals surface area contributed by atoms with Gasteiger partial charge in [0.25, 0.3) is 0 Å². The molecule has 80 valence electrons. The summed E-state index contributed by atoms with van der Waals surface area (Å²) < 4.78 is 0. The van der Waals surface area contributed by atoms with E-state index in [1.165, 1.54) is 5.57 Å². The number of nitrogens with zero attached hydrogens (tertiary/aromatic N) is 2. The Kier molecular flexibility index (Phi) is 3.27. The van der Waals surface area contributed by atoms with Crippen LogP contribution in [-0.2, 0) is 5.88 Å². The molecule has 15 heavy (non-hydrogen) atoms. The highest BCUT2D eigenvalue weighted by molar-refractivity contribution is 6.17. The first-order valence-electron chi connectivity index (χ1n) is 5.21. The summed E-state index contributed by atoms with van der Waals surface area (Å²) in [5.41, 5.74) is 2.58. The highest BCUT2D eigenvalue weighted by atomic mass is 35.5. The van der Waals surface area contributed by atoms with E-state index < -0.39 is 0 Å². The lowest BCUT2D eigenvalue weighted by molar-refractivity contribution is 0.771. The van der Waals surface area contributed by atoms with Crippen LogP contribution in [0.3, 0.4) is 0 Å². The van der Waals surface area contributed by atoms with Gasteiger partial charge in [0.15, 0.2) is 0 Å². The number of pyridine rings is 1. The number of anilines is 1. The molecule has 0 aromatic carbocycles. The van der Waals surface area contributed by atoms with Gasteiger partial charge in [-0.25, -0.2) is 4.98 Å². The minimum atomic E-state index is 0.530. The lowest BCUT2D eigenvalue weighted by Gasteiger charge is -2.27. The average Bonchev–Trinajstić information content (AvgIpc) is 2.30. The molecule has 1 aliphatic rings. The Bertz CT molecular complexity index is 374. The molecule has 2 heterocycles. The fourth-order valence-electron chi connectivity index (χ4n) is 1.78. The smallest absolute Gasteiger partial charge is 0.133 e. The average molecular weight is 223 g/mol. The maximum atomic E-state index is 5.90. The first kappa shape index (κ1) is 10.5. The van der Waals surface area contributed by atoms with E-state index in [0.29, 0.717) is 5.88 Å². The van der Waals surface area contributed by atoms with Crippen molar-refractivity contribution in [1.82, 2.24) is 4.98 Å². The van der Waals surface area contributed by atoms with Crippen molar-refractivity contribution in [1.29, 1.82) is 0 Å². The molecule has 0 bridgehead atoms. The van der Waals surface area contributed by atoms with Crippen LogP contribution in [0.5, 0.6) is 0 Å². The Hall–Kier alpha value is -1.02. The third kappa shape index (κ3) is 2.32. The molecule has 0 fully saturated rings. The monoisotopic (exact) mass is 222 g/mol. The summed E-state index contributed by atoms with van der Waals surface area (Å²) in [5, 5.41) is 0. The summed E-state index contributed by atoms with van der Waals surface area (Å²) in [4.78, 5) is 6.69. The first-order valence-corrected chi connectivity index (χ1v) is 5.75. The zero-order valence-electron chi connectivity index (χ0n) is 8.91. The second-order valence-corrected chi connectivity index (χ2v) is 4.13. The molecule has 0 N–H and O–H groups in total. The minimum Gasteiger partial charge on any atom is -0.352 e. The van der Waals surface area contributed by atoms with E-state index in [-0.39, 0.29) is 0 Å². The molecule has 0 unspecified atom stereocenters. The minimum absolute atomic E-state index is 0.530. The van der Waals surface area contributed by atoms with Crippen molar-refractivity contribution in [2.75, 3.05) is 18.0 Å². The van der Waals surface area contributed by atoms with Crippen molar-refractivity contribution in [3.63, 3.8) is 0 Å². The Balaban J connectivity index is 2.22. The molecule has 0 amide bonds. The van der Waals surface area contributed by atoms with Crippen molar-refractivity contribution >= 4 is 17.4 Å². The van der Waals surface area contributed by atoms with Crippen LogP contribution < -0.4 is 4.90 Å². The second-order valence-electron chi connectivity index (χ2n) is 3.87. The zero-order chi connectivity index (χ0) is 10.7. The summed E-state index contributed by atoms with van der Waals surface area (Å²) in [6.07, 6.45) is 5.21. The van der Waals surface area contributed by atoms with E-state index in [1.807, 2.05) is 18.3 Å². The third-order valence-electron chi connectivity index (χ3n) is 2.75. The lowest BCUT2D eigenvalue weighted by Crippen LogP contribution is -2.29. The van der Waals surface area contributed by atoms with E-state index in [2.05, 4.69) is 22.9 Å². The first-order chi connectivity index (χ1) is 7.31. The van der Waals surface area contributed by atoms with Gasteiger partial charge in [0.05, 0.1) is 5.88 Å². The van der Waals surface area contributed by atoms with Crippen molar-refractivity contribution in [3.05, 3.63) is 35.5 Å². The van der Waals surface area contributed by atoms with Gasteiger partial charge in [0.1, 0.15) is 5.82 Å². The van der Waals surface area contributed by atoms with Crippen LogP contribution in [0.15, 0.2) is 30.0 Å². The summed E-state index contributed by atoms with van der Waals surface area (Å²) in [5.74, 6) is 1.57. The van der Waals surface area contributed by atoms with Crippen LogP contribution in [0.4, 0.5) is 5.82 Å². The summed E-state index contributed by atoms with van der Waals surface area (Å²) >= 11 is 5.90. The Morgan fingerprint density at radius 3 is 3.07 bits per heavy atom. The molecule has 1 aromatic rings. The maximum Gasteiger partial charge on any atom is 0.133 e. The Labute approximate surface area is 95.6 Å². The molecular weight excluding hydrogens is 208 g/mol. The maximum absolute atomic E-state index is 5.90. The molecule has 0 radical (unpaired) electrons. The predicted octanol–water partition coefficient (Wildman–Crippen LogP) is 2.98. The molecule has 3 heteroatoms. The van der Waals surface area contributed by atoms with E-state index in [9.17, 15) is 0 Å². The standard InChI is InChI=1S/C12H15ClN2/c1-10-4-7-15(8-5-10)12-11(9-13)3-2-6-14-12/h2-4,6H,5,7-9H2,1H3. The fraction of sp³-hybridized carbons (Fsp3) is 0.417. The van der Waals surface area contributed by atoms with Crippen LogP contribution in [0.25, 0.3) is 0 Å². The summed E-state index contributed by atoms with van der Waals surface area (Å²) in [6, 6.07) is 3.98. The molecule has 0 saturated heterocycles. The summed E-state index contributed by atoms with van der Waals surface area (Å²) in [6.45, 7) is 4.17. The van der Waals surface area contributed by atoms with E-state index in [4.69, 9.17) is 11.6 Å². The number of alkyl halides is 1. The largest absolute Gasteiger partial charge is 0.352 e. The van der Waals surface area contributed by atoms with Gasteiger partial charge >= 0.3 is 0 Å². The van der Waals surface area contributed by atoms with Gasteiger partial charge in [-0.3, -0.25) is 0 Å². The predicted molar refractivity (Wildman–Crippen MR) is 64.4 cm³/mol. The van der Waals surface area contributed by atoms with E-state index in [0.717, 1.165) is 30.9 Å². The number of halogens is 1. The number of rotatable bonds is 2. The topological polar surface area (TPSA) is 16.1 Å². The number of hydrogen-bond donors (Lipinski definition) is 0. The van der Waals surface area contributed by atoms with Crippen LogP contribution in [0.2, 0.25) is 0 Å². The van der Waals surface area contributed by atoms with Crippen molar-refractivity contribution in [2.45, 2.75) is 19.2 Å². The quantitative estimate of drug-likeness (QED) is 0.565.